The van der Waals surface area contributed by atoms with E-state index in [2.05, 4.69) is 21.2 Å². The molecule has 0 aliphatic rings. The zero-order valence-corrected chi connectivity index (χ0v) is 12.3. The summed E-state index contributed by atoms with van der Waals surface area (Å²) in [6, 6.07) is 12.9. The van der Waals surface area contributed by atoms with Gasteiger partial charge in [-0.3, -0.25) is 4.79 Å². The van der Waals surface area contributed by atoms with Gasteiger partial charge in [-0.1, -0.05) is 17.7 Å². The van der Waals surface area contributed by atoms with Crippen LogP contribution in [-0.4, -0.2) is 13.0 Å². The van der Waals surface area contributed by atoms with E-state index in [0.29, 0.717) is 5.56 Å². The molecule has 0 spiro atoms. The predicted molar refractivity (Wildman–Crippen MR) is 79.8 cm³/mol. The maximum atomic E-state index is 12.0. The third-order valence-corrected chi connectivity index (χ3v) is 3.34. The molecule has 19 heavy (non-hydrogen) atoms. The molecule has 0 heterocycles. The van der Waals surface area contributed by atoms with Crippen molar-refractivity contribution >= 4 is 27.5 Å². The van der Waals surface area contributed by atoms with Crippen molar-refractivity contribution in [2.75, 3.05) is 12.4 Å². The number of nitrogens with one attached hydrogen (secondary N) is 1. The minimum atomic E-state index is -0.128. The van der Waals surface area contributed by atoms with Crippen molar-refractivity contribution in [1.29, 1.82) is 0 Å². The molecule has 0 unspecified atom stereocenters. The van der Waals surface area contributed by atoms with E-state index >= 15 is 0 Å². The maximum absolute atomic E-state index is 12.0. The SMILES string of the molecule is COc1ccc(NC(=O)c2ccc(C)cc2)cc1Br. The monoisotopic (exact) mass is 319 g/mol. The van der Waals surface area contributed by atoms with Crippen LogP contribution in [0.1, 0.15) is 15.9 Å². The van der Waals surface area contributed by atoms with E-state index in [-0.39, 0.29) is 5.91 Å². The molecule has 3 nitrogen and oxygen atoms in total. The maximum Gasteiger partial charge on any atom is 0.255 e. The summed E-state index contributed by atoms with van der Waals surface area (Å²) in [6.07, 6.45) is 0. The Morgan fingerprint density at radius 1 is 1.16 bits per heavy atom. The van der Waals surface area contributed by atoms with Gasteiger partial charge in [0.1, 0.15) is 5.75 Å². The first-order valence-corrected chi connectivity index (χ1v) is 6.61. The number of amides is 1. The average Bonchev–Trinajstić information content (AvgIpc) is 2.39. The second kappa shape index (κ2) is 5.89. The Morgan fingerprint density at radius 2 is 1.84 bits per heavy atom. The molecule has 4 heteroatoms. The van der Waals surface area contributed by atoms with Crippen LogP contribution in [0.15, 0.2) is 46.9 Å². The lowest BCUT2D eigenvalue weighted by Gasteiger charge is -2.08. The summed E-state index contributed by atoms with van der Waals surface area (Å²) >= 11 is 3.39. The highest BCUT2D eigenvalue weighted by molar-refractivity contribution is 9.10. The van der Waals surface area contributed by atoms with Crippen LogP contribution in [0, 0.1) is 6.92 Å². The molecule has 0 bridgehead atoms. The van der Waals surface area contributed by atoms with Gasteiger partial charge in [-0.25, -0.2) is 0 Å². The number of carbonyl (C=O) groups is 1. The Morgan fingerprint density at radius 3 is 2.42 bits per heavy atom. The molecule has 0 fully saturated rings. The summed E-state index contributed by atoms with van der Waals surface area (Å²) < 4.78 is 5.95. The second-order valence-corrected chi connectivity index (χ2v) is 5.02. The number of methoxy groups -OCH3 is 1. The molecule has 0 aliphatic heterocycles. The van der Waals surface area contributed by atoms with Crippen molar-refractivity contribution < 1.29 is 9.53 Å². The highest BCUT2D eigenvalue weighted by Crippen LogP contribution is 2.27. The first kappa shape index (κ1) is 13.6. The van der Waals surface area contributed by atoms with Gasteiger partial charge < -0.3 is 10.1 Å². The zero-order valence-electron chi connectivity index (χ0n) is 10.7. The minimum Gasteiger partial charge on any atom is -0.496 e. The van der Waals surface area contributed by atoms with Crippen LogP contribution in [-0.2, 0) is 0 Å². The van der Waals surface area contributed by atoms with Crippen LogP contribution in [0.5, 0.6) is 5.75 Å². The van der Waals surface area contributed by atoms with Gasteiger partial charge in [0.05, 0.1) is 11.6 Å². The van der Waals surface area contributed by atoms with Crippen molar-refractivity contribution in [2.24, 2.45) is 0 Å². The van der Waals surface area contributed by atoms with Gasteiger partial charge in [-0.05, 0) is 53.2 Å². The molecule has 1 amide bonds. The molecule has 0 saturated heterocycles. The van der Waals surface area contributed by atoms with Gasteiger partial charge in [0.25, 0.3) is 5.91 Å². The van der Waals surface area contributed by atoms with Crippen molar-refractivity contribution in [2.45, 2.75) is 6.92 Å². The molecule has 2 aromatic rings. The molecule has 1 N–H and O–H groups in total. The summed E-state index contributed by atoms with van der Waals surface area (Å²) in [5.41, 5.74) is 2.49. The predicted octanol–water partition coefficient (Wildman–Crippen LogP) is 4.02. The topological polar surface area (TPSA) is 38.3 Å². The number of hydrogen-bond donors (Lipinski definition) is 1. The van der Waals surface area contributed by atoms with Gasteiger partial charge in [0, 0.05) is 11.3 Å². The first-order valence-electron chi connectivity index (χ1n) is 5.81. The summed E-state index contributed by atoms with van der Waals surface area (Å²) in [5, 5.41) is 2.85. The van der Waals surface area contributed by atoms with E-state index in [0.717, 1.165) is 21.5 Å². The standard InChI is InChI=1S/C15H14BrNO2/c1-10-3-5-11(6-4-10)15(18)17-12-7-8-14(19-2)13(16)9-12/h3-9H,1-2H3,(H,17,18). The van der Waals surface area contributed by atoms with E-state index in [1.807, 2.05) is 37.3 Å². The summed E-state index contributed by atoms with van der Waals surface area (Å²) in [5.74, 6) is 0.602. The van der Waals surface area contributed by atoms with Crippen LogP contribution in [0.2, 0.25) is 0 Å². The molecular weight excluding hydrogens is 306 g/mol. The number of carbonyl (C=O) groups excluding carboxylic acids is 1. The lowest BCUT2D eigenvalue weighted by molar-refractivity contribution is 0.102. The Kier molecular flexibility index (Phi) is 4.22. The number of benzene rings is 2. The number of aryl methyl sites for hydroxylation is 1. The first-order chi connectivity index (χ1) is 9.10. The van der Waals surface area contributed by atoms with E-state index in [1.165, 1.54) is 0 Å². The summed E-state index contributed by atoms with van der Waals surface area (Å²) in [4.78, 5) is 12.0. The number of ether oxygens (including phenoxy) is 1. The van der Waals surface area contributed by atoms with Gasteiger partial charge >= 0.3 is 0 Å². The Labute approximate surface area is 120 Å². The average molecular weight is 320 g/mol. The molecule has 2 aromatic carbocycles. The Bertz CT molecular complexity index is 594. The fourth-order valence-corrected chi connectivity index (χ4v) is 2.19. The Hall–Kier alpha value is -1.81. The third kappa shape index (κ3) is 3.35. The third-order valence-electron chi connectivity index (χ3n) is 2.72. The number of anilines is 1. The van der Waals surface area contributed by atoms with Crippen molar-refractivity contribution in [3.05, 3.63) is 58.1 Å². The molecule has 0 saturated carbocycles. The summed E-state index contributed by atoms with van der Waals surface area (Å²) in [6.45, 7) is 1.99. The minimum absolute atomic E-state index is 0.128. The molecule has 2 rings (SSSR count). The quantitative estimate of drug-likeness (QED) is 0.928. The van der Waals surface area contributed by atoms with Gasteiger partial charge in [-0.2, -0.15) is 0 Å². The van der Waals surface area contributed by atoms with E-state index < -0.39 is 0 Å². The van der Waals surface area contributed by atoms with Crippen LogP contribution in [0.25, 0.3) is 0 Å². The van der Waals surface area contributed by atoms with Gasteiger partial charge in [0.15, 0.2) is 0 Å². The molecule has 0 atom stereocenters. The second-order valence-electron chi connectivity index (χ2n) is 4.17. The van der Waals surface area contributed by atoms with Gasteiger partial charge in [0.2, 0.25) is 0 Å². The van der Waals surface area contributed by atoms with Gasteiger partial charge in [-0.15, -0.1) is 0 Å². The number of rotatable bonds is 3. The zero-order chi connectivity index (χ0) is 13.8. The fraction of sp³-hybridized carbons (Fsp3) is 0.133. The largest absolute Gasteiger partial charge is 0.496 e. The molecule has 0 aliphatic carbocycles. The lowest BCUT2D eigenvalue weighted by atomic mass is 10.1. The highest BCUT2D eigenvalue weighted by Gasteiger charge is 2.07. The van der Waals surface area contributed by atoms with Crippen LogP contribution in [0.3, 0.4) is 0 Å². The Balaban J connectivity index is 2.14. The van der Waals surface area contributed by atoms with Crippen LogP contribution < -0.4 is 10.1 Å². The van der Waals surface area contributed by atoms with Crippen LogP contribution >= 0.6 is 15.9 Å². The normalized spacial score (nSPS) is 10.1. The van der Waals surface area contributed by atoms with Crippen molar-refractivity contribution in [1.82, 2.24) is 0 Å². The van der Waals surface area contributed by atoms with E-state index in [1.54, 1.807) is 19.2 Å². The summed E-state index contributed by atoms with van der Waals surface area (Å²) in [7, 11) is 1.60. The molecule has 0 radical (unpaired) electrons. The number of halogens is 1. The highest BCUT2D eigenvalue weighted by atomic mass is 79.9. The molecule has 98 valence electrons. The molecular formula is C15H14BrNO2. The fourth-order valence-electron chi connectivity index (χ4n) is 1.65. The number of hydrogen-bond acceptors (Lipinski definition) is 2. The van der Waals surface area contributed by atoms with Crippen molar-refractivity contribution in [3.63, 3.8) is 0 Å². The molecule has 0 aromatic heterocycles. The van der Waals surface area contributed by atoms with E-state index in [4.69, 9.17) is 4.74 Å². The van der Waals surface area contributed by atoms with E-state index in [9.17, 15) is 4.79 Å². The smallest absolute Gasteiger partial charge is 0.255 e. The van der Waals surface area contributed by atoms with Crippen molar-refractivity contribution in [3.8, 4) is 5.75 Å². The van der Waals surface area contributed by atoms with Crippen LogP contribution in [0.4, 0.5) is 5.69 Å². The lowest BCUT2D eigenvalue weighted by Crippen LogP contribution is -2.11.